The molecule has 1 unspecified atom stereocenters. The smallest absolute Gasteiger partial charge is 0.115 e. The number of rotatable bonds is 3. The molecule has 80 valence electrons. The highest BCUT2D eigenvalue weighted by Crippen LogP contribution is 2.28. The van der Waals surface area contributed by atoms with Crippen molar-refractivity contribution in [2.75, 3.05) is 6.54 Å². The van der Waals surface area contributed by atoms with Crippen molar-refractivity contribution >= 4 is 0 Å². The summed E-state index contributed by atoms with van der Waals surface area (Å²) >= 11 is 0. The van der Waals surface area contributed by atoms with Crippen LogP contribution in [-0.2, 0) is 0 Å². The second-order valence-corrected chi connectivity index (χ2v) is 3.86. The molecule has 0 bridgehead atoms. The van der Waals surface area contributed by atoms with Crippen molar-refractivity contribution < 1.29 is 5.11 Å². The summed E-state index contributed by atoms with van der Waals surface area (Å²) in [5.74, 6) is 0.321. The van der Waals surface area contributed by atoms with Gasteiger partial charge in [-0.15, -0.1) is 0 Å². The van der Waals surface area contributed by atoms with E-state index in [1.807, 2.05) is 18.3 Å². The van der Waals surface area contributed by atoms with Gasteiger partial charge < -0.3 is 16.2 Å². The highest BCUT2D eigenvalue weighted by Gasteiger charge is 2.17. The molecule has 0 radical (unpaired) electrons. The van der Waals surface area contributed by atoms with Crippen molar-refractivity contribution in [1.82, 2.24) is 5.32 Å². The molecule has 4 N–H and O–H groups in total. The first kappa shape index (κ1) is 10.1. The predicted octanol–water partition coefficient (Wildman–Crippen LogP) is 1.66. The Morgan fingerprint density at radius 3 is 3.07 bits per heavy atom. The fraction of sp³-hybridized carbons (Fsp3) is 0.333. The van der Waals surface area contributed by atoms with Crippen molar-refractivity contribution in [3.05, 3.63) is 41.6 Å². The molecule has 2 rings (SSSR count). The normalized spacial score (nSPS) is 19.8. The van der Waals surface area contributed by atoms with Gasteiger partial charge in [-0.25, -0.2) is 0 Å². The molecule has 0 aromatic heterocycles. The molecule has 0 amide bonds. The lowest BCUT2D eigenvalue weighted by Crippen LogP contribution is -2.09. The minimum absolute atomic E-state index is 0.290. The van der Waals surface area contributed by atoms with Crippen LogP contribution < -0.4 is 11.1 Å². The molecule has 0 aliphatic carbocycles. The molecular formula is C12H16N2O. The molecule has 1 aliphatic heterocycles. The zero-order valence-corrected chi connectivity index (χ0v) is 8.61. The maximum atomic E-state index is 9.38. The van der Waals surface area contributed by atoms with E-state index in [9.17, 15) is 5.11 Å². The van der Waals surface area contributed by atoms with Gasteiger partial charge in [0.05, 0.1) is 6.04 Å². The van der Waals surface area contributed by atoms with Crippen LogP contribution in [0.2, 0.25) is 0 Å². The summed E-state index contributed by atoms with van der Waals surface area (Å²) in [5.41, 5.74) is 7.98. The average Bonchev–Trinajstić information content (AvgIpc) is 2.67. The van der Waals surface area contributed by atoms with Crippen molar-refractivity contribution in [2.45, 2.75) is 18.9 Å². The van der Waals surface area contributed by atoms with E-state index in [-0.39, 0.29) is 0 Å². The van der Waals surface area contributed by atoms with Gasteiger partial charge in [-0.2, -0.15) is 0 Å². The third-order valence-corrected chi connectivity index (χ3v) is 2.69. The van der Waals surface area contributed by atoms with Crippen molar-refractivity contribution in [3.63, 3.8) is 0 Å². The van der Waals surface area contributed by atoms with E-state index in [1.54, 1.807) is 12.1 Å². The number of phenolic OH excluding ortho intramolecular Hbond substituents is 1. The van der Waals surface area contributed by atoms with Crippen LogP contribution in [0.25, 0.3) is 0 Å². The third-order valence-electron chi connectivity index (χ3n) is 2.69. The van der Waals surface area contributed by atoms with Gasteiger partial charge in [-0.05, 0) is 43.3 Å². The standard InChI is InChI=1S/C12H16N2O/c13-5-4-9-6-12(14-8-9)10-2-1-3-11(15)7-10/h1-3,7-8,12,14-15H,4-6,13H2. The number of phenols is 1. The molecular weight excluding hydrogens is 188 g/mol. The van der Waals surface area contributed by atoms with Gasteiger partial charge in [0.1, 0.15) is 5.75 Å². The van der Waals surface area contributed by atoms with Gasteiger partial charge in [-0.3, -0.25) is 0 Å². The number of nitrogens with two attached hydrogens (primary N) is 1. The van der Waals surface area contributed by atoms with Crippen molar-refractivity contribution in [2.24, 2.45) is 5.73 Å². The molecule has 1 atom stereocenters. The number of aromatic hydroxyl groups is 1. The van der Waals surface area contributed by atoms with E-state index in [0.29, 0.717) is 18.3 Å². The lowest BCUT2D eigenvalue weighted by atomic mass is 10.0. The Morgan fingerprint density at radius 2 is 2.33 bits per heavy atom. The second kappa shape index (κ2) is 4.36. The zero-order valence-electron chi connectivity index (χ0n) is 8.61. The molecule has 3 nitrogen and oxygen atoms in total. The number of hydrogen-bond acceptors (Lipinski definition) is 3. The Morgan fingerprint density at radius 1 is 1.47 bits per heavy atom. The molecule has 1 aliphatic rings. The number of nitrogens with one attached hydrogen (secondary N) is 1. The molecule has 1 aromatic rings. The van der Waals surface area contributed by atoms with Gasteiger partial charge in [0.2, 0.25) is 0 Å². The molecule has 0 fully saturated rings. The van der Waals surface area contributed by atoms with Gasteiger partial charge in [-0.1, -0.05) is 17.7 Å². The zero-order chi connectivity index (χ0) is 10.7. The van der Waals surface area contributed by atoms with E-state index in [4.69, 9.17) is 5.73 Å². The van der Waals surface area contributed by atoms with E-state index >= 15 is 0 Å². The van der Waals surface area contributed by atoms with Crippen molar-refractivity contribution in [1.29, 1.82) is 0 Å². The lowest BCUT2D eigenvalue weighted by Gasteiger charge is -2.11. The number of benzene rings is 1. The quantitative estimate of drug-likeness (QED) is 0.701. The molecule has 0 saturated carbocycles. The van der Waals surface area contributed by atoms with Crippen LogP contribution >= 0.6 is 0 Å². The largest absolute Gasteiger partial charge is 0.508 e. The van der Waals surface area contributed by atoms with E-state index in [0.717, 1.165) is 18.4 Å². The van der Waals surface area contributed by atoms with Crippen LogP contribution in [0.4, 0.5) is 0 Å². The van der Waals surface area contributed by atoms with Crippen LogP contribution in [-0.4, -0.2) is 11.7 Å². The predicted molar refractivity (Wildman–Crippen MR) is 60.4 cm³/mol. The fourth-order valence-electron chi connectivity index (χ4n) is 1.91. The Hall–Kier alpha value is -1.48. The first-order valence-electron chi connectivity index (χ1n) is 5.22. The maximum absolute atomic E-state index is 9.38. The first-order chi connectivity index (χ1) is 7.29. The summed E-state index contributed by atoms with van der Waals surface area (Å²) in [6.07, 6.45) is 3.98. The Labute approximate surface area is 89.6 Å². The van der Waals surface area contributed by atoms with Crippen LogP contribution in [0, 0.1) is 0 Å². The van der Waals surface area contributed by atoms with E-state index in [2.05, 4.69) is 5.32 Å². The van der Waals surface area contributed by atoms with Crippen LogP contribution in [0.15, 0.2) is 36.0 Å². The minimum Gasteiger partial charge on any atom is -0.508 e. The highest BCUT2D eigenvalue weighted by molar-refractivity contribution is 5.32. The summed E-state index contributed by atoms with van der Waals surface area (Å²) in [7, 11) is 0. The summed E-state index contributed by atoms with van der Waals surface area (Å²) in [5, 5.41) is 12.7. The monoisotopic (exact) mass is 204 g/mol. The summed E-state index contributed by atoms with van der Waals surface area (Å²) in [6, 6.07) is 7.67. The Bertz CT molecular complexity index is 374. The van der Waals surface area contributed by atoms with Crippen molar-refractivity contribution in [3.8, 4) is 5.75 Å². The molecule has 1 heterocycles. The van der Waals surface area contributed by atoms with E-state index < -0.39 is 0 Å². The van der Waals surface area contributed by atoms with E-state index in [1.165, 1.54) is 5.57 Å². The first-order valence-corrected chi connectivity index (χ1v) is 5.22. The second-order valence-electron chi connectivity index (χ2n) is 3.86. The van der Waals surface area contributed by atoms with Crippen LogP contribution in [0.5, 0.6) is 5.75 Å². The van der Waals surface area contributed by atoms with Gasteiger partial charge >= 0.3 is 0 Å². The fourth-order valence-corrected chi connectivity index (χ4v) is 1.91. The Balaban J connectivity index is 2.04. The lowest BCUT2D eigenvalue weighted by molar-refractivity contribution is 0.473. The van der Waals surface area contributed by atoms with Crippen LogP contribution in [0.1, 0.15) is 24.4 Å². The SMILES string of the molecule is NCCC1=CNC(c2cccc(O)c2)C1. The third kappa shape index (κ3) is 2.30. The van der Waals surface area contributed by atoms with Crippen LogP contribution in [0.3, 0.4) is 0 Å². The van der Waals surface area contributed by atoms with Gasteiger partial charge in [0, 0.05) is 0 Å². The maximum Gasteiger partial charge on any atom is 0.115 e. The van der Waals surface area contributed by atoms with Gasteiger partial charge in [0.25, 0.3) is 0 Å². The Kier molecular flexibility index (Phi) is 2.92. The molecule has 3 heteroatoms. The van der Waals surface area contributed by atoms with Gasteiger partial charge in [0.15, 0.2) is 0 Å². The summed E-state index contributed by atoms with van der Waals surface area (Å²) in [6.45, 7) is 0.695. The average molecular weight is 204 g/mol. The number of hydrogen-bond donors (Lipinski definition) is 3. The molecule has 15 heavy (non-hydrogen) atoms. The summed E-state index contributed by atoms with van der Waals surface area (Å²) in [4.78, 5) is 0. The topological polar surface area (TPSA) is 58.3 Å². The summed E-state index contributed by atoms with van der Waals surface area (Å²) < 4.78 is 0. The minimum atomic E-state index is 0.290. The molecule has 0 spiro atoms. The molecule has 1 aromatic carbocycles. The highest BCUT2D eigenvalue weighted by atomic mass is 16.3. The molecule has 0 saturated heterocycles.